The maximum absolute atomic E-state index is 12.6. The first-order valence-corrected chi connectivity index (χ1v) is 9.81. The van der Waals surface area contributed by atoms with Gasteiger partial charge < -0.3 is 15.4 Å². The molecule has 0 heterocycles. The molecule has 1 atom stereocenters. The highest BCUT2D eigenvalue weighted by Gasteiger charge is 2.21. The first-order valence-electron chi connectivity index (χ1n) is 8.03. The lowest BCUT2D eigenvalue weighted by atomic mass is 10.1. The van der Waals surface area contributed by atoms with Gasteiger partial charge in [-0.05, 0) is 54.8 Å². The summed E-state index contributed by atoms with van der Waals surface area (Å²) in [5.74, 6) is 0.814. The molecule has 0 aromatic heterocycles. The number of anilines is 1. The average Bonchev–Trinajstić information content (AvgIpc) is 2.65. The Bertz CT molecular complexity index is 753. The van der Waals surface area contributed by atoms with Crippen LogP contribution in [0.4, 0.5) is 5.69 Å². The molecule has 0 radical (unpaired) electrons. The molecule has 0 spiro atoms. The summed E-state index contributed by atoms with van der Waals surface area (Å²) in [4.78, 5) is 25.1. The molecule has 2 amide bonds. The van der Waals surface area contributed by atoms with Crippen molar-refractivity contribution in [3.05, 3.63) is 59.1 Å². The molecule has 0 bridgehead atoms. The number of hydrogen-bond acceptors (Lipinski definition) is 4. The number of carbonyl (C=O) groups is 2. The van der Waals surface area contributed by atoms with Gasteiger partial charge in [-0.1, -0.05) is 17.7 Å². The molecule has 0 fully saturated rings. The van der Waals surface area contributed by atoms with Crippen molar-refractivity contribution in [3.8, 4) is 5.75 Å². The molecule has 2 rings (SSSR count). The van der Waals surface area contributed by atoms with Gasteiger partial charge in [0.05, 0.1) is 7.11 Å². The van der Waals surface area contributed by atoms with Crippen molar-refractivity contribution in [3.63, 3.8) is 0 Å². The molecule has 138 valence electrons. The average molecular weight is 393 g/mol. The summed E-state index contributed by atoms with van der Waals surface area (Å²) in [7, 11) is 1.56. The van der Waals surface area contributed by atoms with E-state index in [-0.39, 0.29) is 11.8 Å². The van der Waals surface area contributed by atoms with E-state index >= 15 is 0 Å². The van der Waals surface area contributed by atoms with Crippen molar-refractivity contribution in [1.29, 1.82) is 0 Å². The quantitative estimate of drug-likeness (QED) is 0.716. The number of thioether (sulfide) groups is 1. The lowest BCUT2D eigenvalue weighted by Crippen LogP contribution is -2.44. The zero-order valence-corrected chi connectivity index (χ0v) is 16.2. The summed E-state index contributed by atoms with van der Waals surface area (Å²) >= 11 is 7.46. The maximum atomic E-state index is 12.6. The lowest BCUT2D eigenvalue weighted by molar-refractivity contribution is -0.118. The normalized spacial score (nSPS) is 11.5. The molecule has 26 heavy (non-hydrogen) atoms. The molecule has 7 heteroatoms. The van der Waals surface area contributed by atoms with E-state index in [0.717, 1.165) is 5.75 Å². The molecule has 0 aliphatic carbocycles. The third kappa shape index (κ3) is 5.97. The van der Waals surface area contributed by atoms with Crippen molar-refractivity contribution in [2.45, 2.75) is 12.5 Å². The Kier molecular flexibility index (Phi) is 7.81. The molecule has 0 saturated carbocycles. The van der Waals surface area contributed by atoms with Crippen LogP contribution in [0.25, 0.3) is 0 Å². The van der Waals surface area contributed by atoms with Gasteiger partial charge in [-0.2, -0.15) is 11.8 Å². The SMILES string of the molecule is COc1cccc(NC(=O)C(CCSC)NC(=O)c2ccc(Cl)cc2)c1. The van der Waals surface area contributed by atoms with E-state index in [1.807, 2.05) is 6.26 Å². The fourth-order valence-corrected chi connectivity index (χ4v) is 2.87. The Morgan fingerprint density at radius 3 is 2.58 bits per heavy atom. The van der Waals surface area contributed by atoms with Crippen LogP contribution < -0.4 is 15.4 Å². The van der Waals surface area contributed by atoms with Crippen molar-refractivity contribution >= 4 is 40.9 Å². The number of carbonyl (C=O) groups excluding carboxylic acids is 2. The van der Waals surface area contributed by atoms with Gasteiger partial charge in [0.15, 0.2) is 0 Å². The van der Waals surface area contributed by atoms with E-state index in [4.69, 9.17) is 16.3 Å². The van der Waals surface area contributed by atoms with Gasteiger partial charge >= 0.3 is 0 Å². The minimum Gasteiger partial charge on any atom is -0.497 e. The van der Waals surface area contributed by atoms with Crippen LogP contribution in [0.15, 0.2) is 48.5 Å². The molecule has 2 N–H and O–H groups in total. The number of nitrogens with one attached hydrogen (secondary N) is 2. The Morgan fingerprint density at radius 1 is 1.19 bits per heavy atom. The van der Waals surface area contributed by atoms with Crippen LogP contribution >= 0.6 is 23.4 Å². The van der Waals surface area contributed by atoms with Gasteiger partial charge in [-0.3, -0.25) is 9.59 Å². The van der Waals surface area contributed by atoms with Gasteiger partial charge in [0, 0.05) is 22.3 Å². The Hall–Kier alpha value is -2.18. The van der Waals surface area contributed by atoms with Gasteiger partial charge in [-0.15, -0.1) is 0 Å². The lowest BCUT2D eigenvalue weighted by Gasteiger charge is -2.18. The van der Waals surface area contributed by atoms with Crippen molar-refractivity contribution < 1.29 is 14.3 Å². The fraction of sp³-hybridized carbons (Fsp3) is 0.263. The summed E-state index contributed by atoms with van der Waals surface area (Å²) in [5, 5.41) is 6.18. The summed E-state index contributed by atoms with van der Waals surface area (Å²) in [5.41, 5.74) is 1.07. The van der Waals surface area contributed by atoms with Crippen molar-refractivity contribution in [2.75, 3.05) is 24.4 Å². The van der Waals surface area contributed by atoms with E-state index < -0.39 is 6.04 Å². The second kappa shape index (κ2) is 10.1. The highest BCUT2D eigenvalue weighted by atomic mass is 35.5. The number of benzene rings is 2. The van der Waals surface area contributed by atoms with E-state index in [9.17, 15) is 9.59 Å². The number of rotatable bonds is 8. The summed E-state index contributed by atoms with van der Waals surface area (Å²) in [6, 6.07) is 13.0. The summed E-state index contributed by atoms with van der Waals surface area (Å²) in [6.45, 7) is 0. The molecular formula is C19H21ClN2O3S. The van der Waals surface area contributed by atoms with E-state index in [0.29, 0.717) is 28.4 Å². The zero-order chi connectivity index (χ0) is 18.9. The fourth-order valence-electron chi connectivity index (χ4n) is 2.28. The monoisotopic (exact) mass is 392 g/mol. The Morgan fingerprint density at radius 2 is 1.92 bits per heavy atom. The van der Waals surface area contributed by atoms with Crippen LogP contribution in [0.5, 0.6) is 5.75 Å². The number of amides is 2. The van der Waals surface area contributed by atoms with Crippen LogP contribution in [-0.4, -0.2) is 37.0 Å². The first kappa shape index (κ1) is 20.1. The molecule has 5 nitrogen and oxygen atoms in total. The number of halogens is 1. The van der Waals surface area contributed by atoms with Crippen molar-refractivity contribution in [2.24, 2.45) is 0 Å². The molecule has 2 aromatic carbocycles. The smallest absolute Gasteiger partial charge is 0.251 e. The molecular weight excluding hydrogens is 372 g/mol. The first-order chi connectivity index (χ1) is 12.5. The van der Waals surface area contributed by atoms with Crippen molar-refractivity contribution in [1.82, 2.24) is 5.32 Å². The molecule has 0 aliphatic heterocycles. The number of ether oxygens (including phenoxy) is 1. The maximum Gasteiger partial charge on any atom is 0.251 e. The van der Waals surface area contributed by atoms with Gasteiger partial charge in [0.2, 0.25) is 5.91 Å². The second-order valence-corrected chi connectivity index (χ2v) is 6.96. The van der Waals surface area contributed by atoms with Crippen LogP contribution in [0.1, 0.15) is 16.8 Å². The largest absolute Gasteiger partial charge is 0.497 e. The van der Waals surface area contributed by atoms with Crippen LogP contribution in [-0.2, 0) is 4.79 Å². The van der Waals surface area contributed by atoms with E-state index in [2.05, 4.69) is 10.6 Å². The molecule has 2 aromatic rings. The topological polar surface area (TPSA) is 67.4 Å². The van der Waals surface area contributed by atoms with Gasteiger partial charge in [-0.25, -0.2) is 0 Å². The molecule has 0 aliphatic rings. The predicted molar refractivity (Wildman–Crippen MR) is 107 cm³/mol. The third-order valence-electron chi connectivity index (χ3n) is 3.68. The third-order valence-corrected chi connectivity index (χ3v) is 4.57. The van der Waals surface area contributed by atoms with E-state index in [1.165, 1.54) is 0 Å². The second-order valence-electron chi connectivity index (χ2n) is 5.54. The number of methoxy groups -OCH3 is 1. The molecule has 1 unspecified atom stereocenters. The highest BCUT2D eigenvalue weighted by Crippen LogP contribution is 2.17. The number of hydrogen-bond donors (Lipinski definition) is 2. The van der Waals surface area contributed by atoms with Gasteiger partial charge in [0.1, 0.15) is 11.8 Å². The Balaban J connectivity index is 2.08. The van der Waals surface area contributed by atoms with E-state index in [1.54, 1.807) is 67.4 Å². The summed E-state index contributed by atoms with van der Waals surface area (Å²) in [6.07, 6.45) is 2.48. The zero-order valence-electron chi connectivity index (χ0n) is 14.6. The van der Waals surface area contributed by atoms with Crippen LogP contribution in [0.3, 0.4) is 0 Å². The highest BCUT2D eigenvalue weighted by molar-refractivity contribution is 7.98. The minimum atomic E-state index is -0.642. The predicted octanol–water partition coefficient (Wildman–Crippen LogP) is 3.84. The Labute approximate surface area is 162 Å². The molecule has 0 saturated heterocycles. The minimum absolute atomic E-state index is 0.269. The van der Waals surface area contributed by atoms with Crippen LogP contribution in [0, 0.1) is 0 Å². The summed E-state index contributed by atoms with van der Waals surface area (Å²) < 4.78 is 5.16. The van der Waals surface area contributed by atoms with Crippen LogP contribution in [0.2, 0.25) is 5.02 Å². The van der Waals surface area contributed by atoms with Gasteiger partial charge in [0.25, 0.3) is 5.91 Å². The standard InChI is InChI=1S/C19H21ClN2O3S/c1-25-16-5-3-4-15(12-16)21-19(24)17(10-11-26-2)22-18(23)13-6-8-14(20)9-7-13/h3-9,12,17H,10-11H2,1-2H3,(H,21,24)(H,22,23).